The zero-order valence-electron chi connectivity index (χ0n) is 26.5. The summed E-state index contributed by atoms with van der Waals surface area (Å²) in [7, 11) is 0. The van der Waals surface area contributed by atoms with E-state index in [0.717, 1.165) is 22.5 Å². The minimum absolute atomic E-state index is 0.0922. The maximum atomic E-state index is 5.28. The number of hydrogen-bond donors (Lipinski definition) is 0. The van der Waals surface area contributed by atoms with Gasteiger partial charge < -0.3 is 4.57 Å². The molecule has 0 spiro atoms. The second-order valence-corrected chi connectivity index (χ2v) is 12.7. The maximum absolute atomic E-state index is 5.28. The van der Waals surface area contributed by atoms with Crippen molar-refractivity contribution < 1.29 is 0 Å². The lowest BCUT2D eigenvalue weighted by Gasteiger charge is -2.36. The Kier molecular flexibility index (Phi) is 6.61. The molecule has 2 atom stereocenters. The Bertz CT molecular complexity index is 2510. The summed E-state index contributed by atoms with van der Waals surface area (Å²) in [5.41, 5.74) is 6.05. The molecule has 0 fully saturated rings. The third-order valence-electron chi connectivity index (χ3n) is 9.74. The Morgan fingerprint density at radius 1 is 0.500 bits per heavy atom. The Morgan fingerprint density at radius 2 is 1.08 bits per heavy atom. The topological polar surface area (TPSA) is 43.6 Å². The quantitative estimate of drug-likeness (QED) is 0.193. The van der Waals surface area contributed by atoms with Gasteiger partial charge in [-0.15, -0.1) is 0 Å². The standard InChI is InChI=1S/C44H32N4/c1-44(29-13-12-22-39(44)48-37-21-11-10-20-36(37)40-35-19-9-8-16-32(35)27-28-38(40)48)43-46-41(33-17-6-3-7-18-33)45-42(47-43)34-25-23-31(24-26-34)30-14-4-2-5-15-30/h2-29,39H,1H3. The average molecular weight is 617 g/mol. The van der Waals surface area contributed by atoms with Gasteiger partial charge >= 0.3 is 0 Å². The fourth-order valence-electron chi connectivity index (χ4n) is 7.26. The minimum Gasteiger partial charge on any atom is -0.332 e. The third-order valence-corrected chi connectivity index (χ3v) is 9.74. The smallest absolute Gasteiger partial charge is 0.163 e. The van der Waals surface area contributed by atoms with Gasteiger partial charge in [0.05, 0.1) is 17.0 Å². The van der Waals surface area contributed by atoms with Crippen LogP contribution < -0.4 is 0 Å². The molecule has 0 amide bonds. The van der Waals surface area contributed by atoms with Crippen LogP contribution in [0.5, 0.6) is 0 Å². The molecular formula is C44H32N4. The molecule has 0 saturated heterocycles. The molecule has 2 aromatic heterocycles. The van der Waals surface area contributed by atoms with Crippen molar-refractivity contribution in [2.45, 2.75) is 18.4 Å². The summed E-state index contributed by atoms with van der Waals surface area (Å²) in [5, 5.41) is 5.01. The Labute approximate surface area is 279 Å². The van der Waals surface area contributed by atoms with E-state index in [4.69, 9.17) is 15.0 Å². The van der Waals surface area contributed by atoms with Crippen molar-refractivity contribution in [3.05, 3.63) is 176 Å². The molecule has 9 rings (SSSR count). The molecule has 4 nitrogen and oxygen atoms in total. The summed E-state index contributed by atoms with van der Waals surface area (Å²) in [5.74, 6) is 2.06. The van der Waals surface area contributed by atoms with Crippen molar-refractivity contribution in [2.75, 3.05) is 0 Å². The number of fused-ring (bicyclic) bond motifs is 5. The molecule has 0 radical (unpaired) electrons. The zero-order valence-corrected chi connectivity index (χ0v) is 26.5. The molecule has 1 aliphatic rings. The van der Waals surface area contributed by atoms with Crippen LogP contribution in [0.1, 0.15) is 18.8 Å². The molecular weight excluding hydrogens is 585 g/mol. The van der Waals surface area contributed by atoms with Crippen LogP contribution in [-0.2, 0) is 5.41 Å². The Hall–Kier alpha value is -6.13. The summed E-state index contributed by atoms with van der Waals surface area (Å²) in [6, 6.07) is 51.0. The summed E-state index contributed by atoms with van der Waals surface area (Å²) >= 11 is 0. The van der Waals surface area contributed by atoms with E-state index in [1.165, 1.54) is 38.1 Å². The van der Waals surface area contributed by atoms with Gasteiger partial charge in [0.25, 0.3) is 0 Å². The molecule has 0 aliphatic heterocycles. The van der Waals surface area contributed by atoms with Gasteiger partial charge in [0.1, 0.15) is 5.82 Å². The Morgan fingerprint density at radius 3 is 1.83 bits per heavy atom. The predicted octanol–water partition coefficient (Wildman–Crippen LogP) is 10.8. The van der Waals surface area contributed by atoms with Crippen molar-refractivity contribution in [1.82, 2.24) is 19.5 Å². The van der Waals surface area contributed by atoms with Gasteiger partial charge in [-0.25, -0.2) is 15.0 Å². The predicted molar refractivity (Wildman–Crippen MR) is 198 cm³/mol. The molecule has 0 N–H and O–H groups in total. The van der Waals surface area contributed by atoms with E-state index in [0.29, 0.717) is 11.6 Å². The molecule has 6 aromatic carbocycles. The molecule has 0 bridgehead atoms. The van der Waals surface area contributed by atoms with Crippen LogP contribution in [0, 0.1) is 0 Å². The molecule has 4 heteroatoms. The molecule has 0 saturated carbocycles. The van der Waals surface area contributed by atoms with Crippen LogP contribution >= 0.6 is 0 Å². The highest BCUT2D eigenvalue weighted by Gasteiger charge is 2.40. The van der Waals surface area contributed by atoms with Crippen molar-refractivity contribution in [1.29, 1.82) is 0 Å². The van der Waals surface area contributed by atoms with Crippen molar-refractivity contribution in [3.8, 4) is 33.9 Å². The highest BCUT2D eigenvalue weighted by atomic mass is 15.1. The number of rotatable bonds is 5. The third kappa shape index (κ3) is 4.57. The fraction of sp³-hybridized carbons (Fsp3) is 0.0682. The van der Waals surface area contributed by atoms with Crippen LogP contribution in [0.15, 0.2) is 170 Å². The van der Waals surface area contributed by atoms with Crippen LogP contribution in [0.2, 0.25) is 0 Å². The number of nitrogens with zero attached hydrogens (tertiary/aromatic N) is 4. The van der Waals surface area contributed by atoms with E-state index in [2.05, 4.69) is 157 Å². The van der Waals surface area contributed by atoms with Crippen LogP contribution in [0.4, 0.5) is 0 Å². The van der Waals surface area contributed by atoms with Gasteiger partial charge in [-0.1, -0.05) is 158 Å². The fourth-order valence-corrected chi connectivity index (χ4v) is 7.26. The van der Waals surface area contributed by atoms with Crippen molar-refractivity contribution in [3.63, 3.8) is 0 Å². The highest BCUT2D eigenvalue weighted by Crippen LogP contribution is 2.45. The second-order valence-electron chi connectivity index (χ2n) is 12.7. The van der Waals surface area contributed by atoms with Gasteiger partial charge in [-0.2, -0.15) is 0 Å². The lowest BCUT2D eigenvalue weighted by Crippen LogP contribution is -2.35. The first-order valence-corrected chi connectivity index (χ1v) is 16.4. The van der Waals surface area contributed by atoms with E-state index in [1.807, 2.05) is 24.3 Å². The van der Waals surface area contributed by atoms with E-state index < -0.39 is 5.41 Å². The van der Waals surface area contributed by atoms with Gasteiger partial charge in [0.15, 0.2) is 11.6 Å². The molecule has 228 valence electrons. The summed E-state index contributed by atoms with van der Waals surface area (Å²) < 4.78 is 2.48. The van der Waals surface area contributed by atoms with Crippen LogP contribution in [0.25, 0.3) is 66.5 Å². The Balaban J connectivity index is 1.25. The minimum atomic E-state index is -0.583. The van der Waals surface area contributed by atoms with E-state index in [9.17, 15) is 0 Å². The van der Waals surface area contributed by atoms with Crippen molar-refractivity contribution in [2.24, 2.45) is 0 Å². The molecule has 48 heavy (non-hydrogen) atoms. The normalized spacial score (nSPS) is 17.4. The first-order chi connectivity index (χ1) is 23.7. The monoisotopic (exact) mass is 616 g/mol. The zero-order chi connectivity index (χ0) is 32.1. The molecule has 8 aromatic rings. The number of allylic oxidation sites excluding steroid dienone is 4. The SMILES string of the molecule is CC1(c2nc(-c3ccccc3)nc(-c3ccc(-c4ccccc4)cc3)n2)C=CC=CC1n1c2ccccc2c2c3ccccc3ccc21. The summed E-state index contributed by atoms with van der Waals surface area (Å²) in [6.07, 6.45) is 8.82. The van der Waals surface area contributed by atoms with Gasteiger partial charge in [0.2, 0.25) is 0 Å². The average Bonchev–Trinajstić information content (AvgIpc) is 3.50. The number of para-hydroxylation sites is 1. The summed E-state index contributed by atoms with van der Waals surface area (Å²) in [6.45, 7) is 2.26. The van der Waals surface area contributed by atoms with E-state index >= 15 is 0 Å². The molecule has 2 heterocycles. The number of hydrogen-bond acceptors (Lipinski definition) is 3. The highest BCUT2D eigenvalue weighted by molar-refractivity contribution is 6.20. The maximum Gasteiger partial charge on any atom is 0.163 e. The second kappa shape index (κ2) is 11.3. The van der Waals surface area contributed by atoms with Crippen LogP contribution in [0.3, 0.4) is 0 Å². The van der Waals surface area contributed by atoms with E-state index in [-0.39, 0.29) is 6.04 Å². The van der Waals surface area contributed by atoms with Gasteiger partial charge in [-0.05, 0) is 41.0 Å². The number of aromatic nitrogens is 4. The van der Waals surface area contributed by atoms with Crippen LogP contribution in [-0.4, -0.2) is 19.5 Å². The summed E-state index contributed by atoms with van der Waals surface area (Å²) in [4.78, 5) is 15.6. The van der Waals surface area contributed by atoms with E-state index in [1.54, 1.807) is 0 Å². The number of benzene rings is 6. The van der Waals surface area contributed by atoms with Gasteiger partial charge in [-0.3, -0.25) is 0 Å². The largest absolute Gasteiger partial charge is 0.332 e. The molecule has 1 aliphatic carbocycles. The van der Waals surface area contributed by atoms with Gasteiger partial charge in [0, 0.05) is 27.4 Å². The van der Waals surface area contributed by atoms with Crippen molar-refractivity contribution >= 4 is 32.6 Å². The first-order valence-electron chi connectivity index (χ1n) is 16.4. The first kappa shape index (κ1) is 28.1. The molecule has 2 unspecified atom stereocenters. The lowest BCUT2D eigenvalue weighted by atomic mass is 9.77. The lowest BCUT2D eigenvalue weighted by molar-refractivity contribution is 0.409.